The van der Waals surface area contributed by atoms with Crippen LogP contribution in [0, 0.1) is 0 Å². The third-order valence-corrected chi connectivity index (χ3v) is 1.63. The summed E-state index contributed by atoms with van der Waals surface area (Å²) in [6.45, 7) is 1.37. The zero-order valence-electron chi connectivity index (χ0n) is 7.07. The molecule has 68 valence electrons. The summed E-state index contributed by atoms with van der Waals surface area (Å²) in [5.41, 5.74) is 0.456. The maximum Gasteiger partial charge on any atom is 0.211 e. The van der Waals surface area contributed by atoms with Crippen molar-refractivity contribution >= 4 is 17.9 Å². The van der Waals surface area contributed by atoms with Crippen molar-refractivity contribution in [3.63, 3.8) is 0 Å². The molecule has 0 fully saturated rings. The number of phenols is 1. The van der Waals surface area contributed by atoms with Crippen LogP contribution < -0.4 is 5.32 Å². The van der Waals surface area contributed by atoms with Gasteiger partial charge < -0.3 is 10.4 Å². The lowest BCUT2D eigenvalue weighted by molar-refractivity contribution is -0.105. The molecular formula is C9H9NO3. The lowest BCUT2D eigenvalue weighted by atomic mass is 10.1. The number of carbonyl (C=O) groups is 2. The van der Waals surface area contributed by atoms with E-state index in [0.29, 0.717) is 12.0 Å². The Labute approximate surface area is 75.2 Å². The van der Waals surface area contributed by atoms with Gasteiger partial charge in [0.25, 0.3) is 0 Å². The van der Waals surface area contributed by atoms with Gasteiger partial charge in [-0.1, -0.05) is 6.07 Å². The molecule has 4 nitrogen and oxygen atoms in total. The first-order valence-corrected chi connectivity index (χ1v) is 3.70. The van der Waals surface area contributed by atoms with E-state index in [1.165, 1.54) is 19.1 Å². The second-order valence-corrected chi connectivity index (χ2v) is 2.52. The molecule has 13 heavy (non-hydrogen) atoms. The third-order valence-electron chi connectivity index (χ3n) is 1.63. The van der Waals surface area contributed by atoms with Gasteiger partial charge in [-0.25, -0.2) is 0 Å². The average molecular weight is 179 g/mol. The molecule has 0 saturated carbocycles. The Kier molecular flexibility index (Phi) is 2.64. The molecule has 0 spiro atoms. The predicted molar refractivity (Wildman–Crippen MR) is 47.8 cm³/mol. The number of nitrogens with one attached hydrogen (secondary N) is 1. The number of anilines is 1. The van der Waals surface area contributed by atoms with Crippen LogP contribution in [-0.2, 0) is 4.79 Å². The minimum Gasteiger partial charge on any atom is -0.506 e. The standard InChI is InChI=1S/C9H9NO3/c1-6(12)7-3-2-4-8(13)9(7)10-5-11/h2-5,13H,1H3,(H,10,11). The van der Waals surface area contributed by atoms with E-state index in [1.807, 2.05) is 0 Å². The number of benzene rings is 1. The molecule has 1 aromatic carbocycles. The molecule has 2 N–H and O–H groups in total. The van der Waals surface area contributed by atoms with Gasteiger partial charge in [-0.3, -0.25) is 9.59 Å². The molecule has 0 unspecified atom stereocenters. The van der Waals surface area contributed by atoms with Crippen LogP contribution in [0.1, 0.15) is 17.3 Å². The molecule has 0 saturated heterocycles. The van der Waals surface area contributed by atoms with Crippen LogP contribution in [0.2, 0.25) is 0 Å². The Bertz CT molecular complexity index is 347. The van der Waals surface area contributed by atoms with Crippen LogP contribution in [0.5, 0.6) is 5.75 Å². The summed E-state index contributed by atoms with van der Waals surface area (Å²) >= 11 is 0. The zero-order chi connectivity index (χ0) is 9.84. The van der Waals surface area contributed by atoms with Crippen LogP contribution in [0.25, 0.3) is 0 Å². The number of Topliss-reactive ketones (excluding diaryl/α,β-unsaturated/α-hetero) is 1. The Hall–Kier alpha value is -1.84. The first-order chi connectivity index (χ1) is 6.16. The first kappa shape index (κ1) is 9.25. The second-order valence-electron chi connectivity index (χ2n) is 2.52. The molecule has 4 heteroatoms. The summed E-state index contributed by atoms with van der Waals surface area (Å²) in [5, 5.41) is 11.6. The van der Waals surface area contributed by atoms with Crippen LogP contribution in [0.15, 0.2) is 18.2 Å². The number of para-hydroxylation sites is 1. The third kappa shape index (κ3) is 1.84. The van der Waals surface area contributed by atoms with Gasteiger partial charge in [-0.05, 0) is 19.1 Å². The average Bonchev–Trinajstić information content (AvgIpc) is 2.08. The van der Waals surface area contributed by atoms with Gasteiger partial charge in [0, 0.05) is 5.56 Å². The Morgan fingerprint density at radius 2 is 2.23 bits per heavy atom. The molecule has 0 aromatic heterocycles. The number of aromatic hydroxyl groups is 1. The first-order valence-electron chi connectivity index (χ1n) is 3.70. The summed E-state index contributed by atoms with van der Waals surface area (Å²) in [5.74, 6) is -0.319. The summed E-state index contributed by atoms with van der Waals surface area (Å²) in [6.07, 6.45) is 0.418. The van der Waals surface area contributed by atoms with Crippen LogP contribution >= 0.6 is 0 Å². The maximum atomic E-state index is 11.0. The van der Waals surface area contributed by atoms with Crippen molar-refractivity contribution in [3.05, 3.63) is 23.8 Å². The molecule has 0 aliphatic carbocycles. The molecule has 0 aliphatic rings. The van der Waals surface area contributed by atoms with E-state index in [1.54, 1.807) is 6.07 Å². The SMILES string of the molecule is CC(=O)c1cccc(O)c1NC=O. The molecule has 1 aromatic rings. The molecule has 1 amide bonds. The van der Waals surface area contributed by atoms with E-state index in [9.17, 15) is 14.7 Å². The van der Waals surface area contributed by atoms with E-state index in [0.717, 1.165) is 0 Å². The highest BCUT2D eigenvalue weighted by Gasteiger charge is 2.09. The molecule has 0 radical (unpaired) electrons. The smallest absolute Gasteiger partial charge is 0.211 e. The number of carbonyl (C=O) groups excluding carboxylic acids is 2. The maximum absolute atomic E-state index is 11.0. The van der Waals surface area contributed by atoms with Crippen LogP contribution in [0.3, 0.4) is 0 Å². The van der Waals surface area contributed by atoms with E-state index < -0.39 is 0 Å². The molecule has 1 rings (SSSR count). The zero-order valence-corrected chi connectivity index (χ0v) is 7.07. The summed E-state index contributed by atoms with van der Waals surface area (Å²) in [7, 11) is 0. The van der Waals surface area contributed by atoms with E-state index in [2.05, 4.69) is 5.32 Å². The highest BCUT2D eigenvalue weighted by molar-refractivity contribution is 6.02. The van der Waals surface area contributed by atoms with E-state index in [-0.39, 0.29) is 17.2 Å². The minimum atomic E-state index is -0.208. The van der Waals surface area contributed by atoms with Crippen molar-refractivity contribution in [3.8, 4) is 5.75 Å². The monoisotopic (exact) mass is 179 g/mol. The van der Waals surface area contributed by atoms with Crippen LogP contribution in [0.4, 0.5) is 5.69 Å². The van der Waals surface area contributed by atoms with Crippen molar-refractivity contribution in [1.29, 1.82) is 0 Å². The summed E-state index contributed by atoms with van der Waals surface area (Å²) in [6, 6.07) is 4.48. The van der Waals surface area contributed by atoms with Crippen molar-refractivity contribution in [2.75, 3.05) is 5.32 Å². The van der Waals surface area contributed by atoms with E-state index in [4.69, 9.17) is 0 Å². The Morgan fingerprint density at radius 1 is 1.54 bits per heavy atom. The molecule has 0 aliphatic heterocycles. The van der Waals surface area contributed by atoms with Gasteiger partial charge in [0.2, 0.25) is 6.41 Å². The van der Waals surface area contributed by atoms with Crippen molar-refractivity contribution < 1.29 is 14.7 Å². The Balaban J connectivity index is 3.24. The normalized spacial score (nSPS) is 9.31. The van der Waals surface area contributed by atoms with Gasteiger partial charge in [0.15, 0.2) is 5.78 Å². The number of hydrogen-bond acceptors (Lipinski definition) is 3. The fourth-order valence-corrected chi connectivity index (χ4v) is 1.04. The van der Waals surface area contributed by atoms with Crippen molar-refractivity contribution in [1.82, 2.24) is 0 Å². The highest BCUT2D eigenvalue weighted by atomic mass is 16.3. The van der Waals surface area contributed by atoms with Gasteiger partial charge in [0.05, 0.1) is 5.69 Å². The van der Waals surface area contributed by atoms with Gasteiger partial charge in [-0.2, -0.15) is 0 Å². The van der Waals surface area contributed by atoms with E-state index >= 15 is 0 Å². The van der Waals surface area contributed by atoms with Gasteiger partial charge in [0.1, 0.15) is 5.75 Å². The van der Waals surface area contributed by atoms with Crippen LogP contribution in [-0.4, -0.2) is 17.3 Å². The largest absolute Gasteiger partial charge is 0.506 e. The number of hydrogen-bond donors (Lipinski definition) is 2. The lowest BCUT2D eigenvalue weighted by Gasteiger charge is -2.06. The fourth-order valence-electron chi connectivity index (χ4n) is 1.04. The lowest BCUT2D eigenvalue weighted by Crippen LogP contribution is -2.02. The second kappa shape index (κ2) is 3.71. The number of ketones is 1. The molecule has 0 bridgehead atoms. The number of rotatable bonds is 3. The predicted octanol–water partition coefficient (Wildman–Crippen LogP) is 1.16. The summed E-state index contributed by atoms with van der Waals surface area (Å²) in [4.78, 5) is 21.2. The summed E-state index contributed by atoms with van der Waals surface area (Å²) < 4.78 is 0. The van der Waals surface area contributed by atoms with Gasteiger partial charge in [-0.15, -0.1) is 0 Å². The van der Waals surface area contributed by atoms with Gasteiger partial charge >= 0.3 is 0 Å². The quantitative estimate of drug-likeness (QED) is 0.415. The highest BCUT2D eigenvalue weighted by Crippen LogP contribution is 2.26. The minimum absolute atomic E-state index is 0.111. The number of amides is 1. The van der Waals surface area contributed by atoms with Crippen molar-refractivity contribution in [2.45, 2.75) is 6.92 Å². The Morgan fingerprint density at radius 3 is 2.77 bits per heavy atom. The number of phenolic OH excluding ortho intramolecular Hbond substituents is 1. The van der Waals surface area contributed by atoms with Crippen molar-refractivity contribution in [2.24, 2.45) is 0 Å². The molecule has 0 atom stereocenters. The topological polar surface area (TPSA) is 66.4 Å². The molecule has 0 heterocycles. The fraction of sp³-hybridized carbons (Fsp3) is 0.111. The molecular weight excluding hydrogens is 170 g/mol.